The van der Waals surface area contributed by atoms with Gasteiger partial charge in [-0.2, -0.15) is 0 Å². The molecule has 74 valence electrons. The lowest BCUT2D eigenvalue weighted by molar-refractivity contribution is 0.547. The lowest BCUT2D eigenvalue weighted by atomic mass is 10.1. The van der Waals surface area contributed by atoms with Crippen molar-refractivity contribution < 1.29 is 0 Å². The maximum atomic E-state index is 4.49. The SMILES string of the molecule is Brc1cccc(N2CCC3CC3C2)n1. The Kier molecular flexibility index (Phi) is 2.01. The second-order valence-corrected chi connectivity index (χ2v) is 5.12. The van der Waals surface area contributed by atoms with Crippen molar-refractivity contribution in [1.29, 1.82) is 0 Å². The molecule has 1 aliphatic carbocycles. The van der Waals surface area contributed by atoms with Crippen LogP contribution in [-0.4, -0.2) is 18.1 Å². The Morgan fingerprint density at radius 2 is 2.29 bits per heavy atom. The van der Waals surface area contributed by atoms with E-state index in [1.807, 2.05) is 6.07 Å². The Balaban J connectivity index is 1.80. The summed E-state index contributed by atoms with van der Waals surface area (Å²) in [4.78, 5) is 6.91. The zero-order chi connectivity index (χ0) is 9.54. The molecule has 2 nitrogen and oxygen atoms in total. The van der Waals surface area contributed by atoms with Crippen molar-refractivity contribution in [2.75, 3.05) is 18.0 Å². The number of piperidine rings is 1. The summed E-state index contributed by atoms with van der Waals surface area (Å²) in [6, 6.07) is 6.15. The number of fused-ring (bicyclic) bond motifs is 1. The maximum absolute atomic E-state index is 4.49. The highest BCUT2D eigenvalue weighted by molar-refractivity contribution is 9.10. The first-order valence-electron chi connectivity index (χ1n) is 5.20. The predicted molar refractivity (Wildman–Crippen MR) is 60.4 cm³/mol. The Hall–Kier alpha value is -0.570. The molecule has 1 aromatic heterocycles. The average Bonchev–Trinajstić information content (AvgIpc) is 2.95. The molecule has 0 N–H and O–H groups in total. The molecule has 1 saturated heterocycles. The number of hydrogen-bond donors (Lipinski definition) is 0. The maximum Gasteiger partial charge on any atom is 0.129 e. The third-order valence-electron chi connectivity index (χ3n) is 3.32. The second kappa shape index (κ2) is 3.23. The van der Waals surface area contributed by atoms with Gasteiger partial charge in [0, 0.05) is 13.1 Å². The highest BCUT2D eigenvalue weighted by Crippen LogP contribution is 2.45. The van der Waals surface area contributed by atoms with Crippen LogP contribution in [-0.2, 0) is 0 Å². The summed E-state index contributed by atoms with van der Waals surface area (Å²) in [6.07, 6.45) is 2.81. The molecule has 0 radical (unpaired) electrons. The second-order valence-electron chi connectivity index (χ2n) is 4.31. The first-order valence-corrected chi connectivity index (χ1v) is 6.00. The molecule has 2 fully saturated rings. The van der Waals surface area contributed by atoms with E-state index in [9.17, 15) is 0 Å². The number of hydrogen-bond acceptors (Lipinski definition) is 2. The minimum atomic E-state index is 0.938. The van der Waals surface area contributed by atoms with E-state index >= 15 is 0 Å². The molecule has 2 atom stereocenters. The fraction of sp³-hybridized carbons (Fsp3) is 0.545. The van der Waals surface area contributed by atoms with Gasteiger partial charge in [-0.3, -0.25) is 0 Å². The standard InChI is InChI=1S/C11H13BrN2/c12-10-2-1-3-11(13-10)14-5-4-8-6-9(8)7-14/h1-3,8-9H,4-7H2. The zero-order valence-electron chi connectivity index (χ0n) is 7.99. The molecule has 0 bridgehead atoms. The van der Waals surface area contributed by atoms with E-state index < -0.39 is 0 Å². The van der Waals surface area contributed by atoms with Gasteiger partial charge in [0.2, 0.25) is 0 Å². The summed E-state index contributed by atoms with van der Waals surface area (Å²) < 4.78 is 0.938. The van der Waals surface area contributed by atoms with Gasteiger partial charge in [0.15, 0.2) is 0 Å². The summed E-state index contributed by atoms with van der Waals surface area (Å²) in [5.41, 5.74) is 0. The molecule has 3 rings (SSSR count). The highest BCUT2D eigenvalue weighted by atomic mass is 79.9. The molecular weight excluding hydrogens is 240 g/mol. The van der Waals surface area contributed by atoms with Crippen LogP contribution in [0.5, 0.6) is 0 Å². The van der Waals surface area contributed by atoms with Crippen molar-refractivity contribution >= 4 is 21.7 Å². The Morgan fingerprint density at radius 3 is 3.07 bits per heavy atom. The molecule has 0 aromatic carbocycles. The van der Waals surface area contributed by atoms with Crippen LogP contribution in [0.1, 0.15) is 12.8 Å². The first-order chi connectivity index (χ1) is 6.83. The lowest BCUT2D eigenvalue weighted by Gasteiger charge is -2.27. The van der Waals surface area contributed by atoms with E-state index in [2.05, 4.69) is 37.9 Å². The molecule has 3 heteroatoms. The van der Waals surface area contributed by atoms with E-state index in [1.165, 1.54) is 25.9 Å². The van der Waals surface area contributed by atoms with Crippen molar-refractivity contribution in [3.8, 4) is 0 Å². The Bertz CT molecular complexity index is 353. The van der Waals surface area contributed by atoms with Gasteiger partial charge in [-0.1, -0.05) is 6.07 Å². The van der Waals surface area contributed by atoms with Gasteiger partial charge >= 0.3 is 0 Å². The number of halogens is 1. The molecule has 14 heavy (non-hydrogen) atoms. The zero-order valence-corrected chi connectivity index (χ0v) is 9.57. The molecule has 2 aliphatic rings. The van der Waals surface area contributed by atoms with Crippen LogP contribution in [0.4, 0.5) is 5.82 Å². The van der Waals surface area contributed by atoms with Crippen molar-refractivity contribution in [3.05, 3.63) is 22.8 Å². The van der Waals surface area contributed by atoms with Crippen molar-refractivity contribution in [2.24, 2.45) is 11.8 Å². The van der Waals surface area contributed by atoms with E-state index in [1.54, 1.807) is 0 Å². The van der Waals surface area contributed by atoms with Gasteiger partial charge in [-0.15, -0.1) is 0 Å². The summed E-state index contributed by atoms with van der Waals surface area (Å²) >= 11 is 3.42. The number of aromatic nitrogens is 1. The summed E-state index contributed by atoms with van der Waals surface area (Å²) in [5, 5.41) is 0. The molecule has 1 saturated carbocycles. The highest BCUT2D eigenvalue weighted by Gasteiger charge is 2.41. The summed E-state index contributed by atoms with van der Waals surface area (Å²) in [6.45, 7) is 2.40. The molecule has 0 amide bonds. The average molecular weight is 253 g/mol. The monoisotopic (exact) mass is 252 g/mol. The van der Waals surface area contributed by atoms with Crippen molar-refractivity contribution in [2.45, 2.75) is 12.8 Å². The van der Waals surface area contributed by atoms with Crippen molar-refractivity contribution in [3.63, 3.8) is 0 Å². The molecular formula is C11H13BrN2. The summed E-state index contributed by atoms with van der Waals surface area (Å²) in [7, 11) is 0. The van der Waals surface area contributed by atoms with Crippen LogP contribution < -0.4 is 4.90 Å². The van der Waals surface area contributed by atoms with Gasteiger partial charge in [0.05, 0.1) is 0 Å². The van der Waals surface area contributed by atoms with Gasteiger partial charge < -0.3 is 4.90 Å². The van der Waals surface area contributed by atoms with Crippen LogP contribution >= 0.6 is 15.9 Å². The Labute approximate surface area is 92.5 Å². The fourth-order valence-corrected chi connectivity index (χ4v) is 2.70. The molecule has 1 aliphatic heterocycles. The fourth-order valence-electron chi connectivity index (χ4n) is 2.37. The van der Waals surface area contributed by atoms with Gasteiger partial charge in [-0.05, 0) is 52.7 Å². The normalized spacial score (nSPS) is 29.9. The molecule has 0 spiro atoms. The number of pyridine rings is 1. The Morgan fingerprint density at radius 1 is 1.36 bits per heavy atom. The van der Waals surface area contributed by atoms with E-state index in [-0.39, 0.29) is 0 Å². The van der Waals surface area contributed by atoms with Gasteiger partial charge in [0.25, 0.3) is 0 Å². The van der Waals surface area contributed by atoms with E-state index in [4.69, 9.17) is 0 Å². The first kappa shape index (κ1) is 8.72. The van der Waals surface area contributed by atoms with Crippen LogP contribution in [0.3, 0.4) is 0 Å². The third kappa shape index (κ3) is 1.54. The summed E-state index contributed by atoms with van der Waals surface area (Å²) in [5.74, 6) is 3.13. The van der Waals surface area contributed by atoms with Crippen LogP contribution in [0.15, 0.2) is 22.8 Å². The molecule has 2 unspecified atom stereocenters. The topological polar surface area (TPSA) is 16.1 Å². The predicted octanol–water partition coefficient (Wildman–Crippen LogP) is 2.69. The quantitative estimate of drug-likeness (QED) is 0.715. The van der Waals surface area contributed by atoms with Gasteiger partial charge in [-0.25, -0.2) is 4.98 Å². The number of nitrogens with zero attached hydrogens (tertiary/aromatic N) is 2. The number of rotatable bonds is 1. The van der Waals surface area contributed by atoms with Crippen molar-refractivity contribution in [1.82, 2.24) is 4.98 Å². The minimum Gasteiger partial charge on any atom is -0.356 e. The van der Waals surface area contributed by atoms with E-state index in [0.717, 1.165) is 22.3 Å². The minimum absolute atomic E-state index is 0.938. The largest absolute Gasteiger partial charge is 0.356 e. The van der Waals surface area contributed by atoms with Crippen LogP contribution in [0, 0.1) is 11.8 Å². The molecule has 1 aromatic rings. The van der Waals surface area contributed by atoms with Crippen LogP contribution in [0.25, 0.3) is 0 Å². The number of anilines is 1. The molecule has 2 heterocycles. The van der Waals surface area contributed by atoms with Crippen LogP contribution in [0.2, 0.25) is 0 Å². The van der Waals surface area contributed by atoms with E-state index in [0.29, 0.717) is 0 Å². The third-order valence-corrected chi connectivity index (χ3v) is 3.76. The van der Waals surface area contributed by atoms with Gasteiger partial charge in [0.1, 0.15) is 10.4 Å². The lowest BCUT2D eigenvalue weighted by Crippen LogP contribution is -2.31. The smallest absolute Gasteiger partial charge is 0.129 e.